The quantitative estimate of drug-likeness (QED) is 0.408. The highest BCUT2D eigenvalue weighted by atomic mass is 16.5. The predicted octanol–water partition coefficient (Wildman–Crippen LogP) is 2.02. The summed E-state index contributed by atoms with van der Waals surface area (Å²) in [6, 6.07) is 0. The van der Waals surface area contributed by atoms with E-state index in [1.54, 1.807) is 13.8 Å². The maximum Gasteiger partial charge on any atom is 0.0470 e. The largest absolute Gasteiger partial charge is 0.875 e. The average Bonchev–Trinajstić information content (AvgIpc) is 2.36. The molecule has 0 aliphatic carbocycles. The van der Waals surface area contributed by atoms with Crippen molar-refractivity contribution < 1.29 is 19.7 Å². The lowest BCUT2D eigenvalue weighted by Gasteiger charge is -2.31. The van der Waals surface area contributed by atoms with Gasteiger partial charge in [0, 0.05) is 24.6 Å². The van der Waals surface area contributed by atoms with Gasteiger partial charge in [-0.2, -0.15) is 0 Å². The second-order valence-corrected chi connectivity index (χ2v) is 7.00. The second-order valence-electron chi connectivity index (χ2n) is 7.00. The highest BCUT2D eigenvalue weighted by Crippen LogP contribution is 2.27. The number of allylic oxidation sites excluding steroid dienone is 1. The molecule has 0 saturated carbocycles. The van der Waals surface area contributed by atoms with E-state index >= 15 is 0 Å². The van der Waals surface area contributed by atoms with Gasteiger partial charge >= 0.3 is 0 Å². The Morgan fingerprint density at radius 2 is 1.33 bits per heavy atom. The zero-order valence-corrected chi connectivity index (χ0v) is 14.0. The molecule has 0 fully saturated rings. The molecule has 4 heteroatoms. The molecule has 4 nitrogen and oxygen atoms in total. The van der Waals surface area contributed by atoms with Crippen LogP contribution in [0.5, 0.6) is 0 Å². The van der Waals surface area contributed by atoms with E-state index in [0.717, 1.165) is 32.1 Å². The molecule has 0 heterocycles. The summed E-state index contributed by atoms with van der Waals surface area (Å²) < 4.78 is 5.52. The fourth-order valence-corrected chi connectivity index (χ4v) is 1.89. The molecule has 0 radical (unpaired) electrons. The van der Waals surface area contributed by atoms with Crippen LogP contribution in [0.2, 0.25) is 0 Å². The van der Waals surface area contributed by atoms with Gasteiger partial charge in [-0.1, -0.05) is 40.5 Å². The Balaban J connectivity index is 3.50. The lowest BCUT2D eigenvalue weighted by Crippen LogP contribution is -2.37. The van der Waals surface area contributed by atoms with Gasteiger partial charge in [0.15, 0.2) is 0 Å². The van der Waals surface area contributed by atoms with Crippen molar-refractivity contribution in [2.75, 3.05) is 13.2 Å². The van der Waals surface area contributed by atoms with Gasteiger partial charge in [0.25, 0.3) is 0 Å². The zero-order chi connectivity index (χ0) is 16.5. The van der Waals surface area contributed by atoms with Crippen molar-refractivity contribution in [2.45, 2.75) is 66.2 Å². The Kier molecular flexibility index (Phi) is 8.64. The predicted molar refractivity (Wildman–Crippen MR) is 80.2 cm³/mol. The third-order valence-corrected chi connectivity index (χ3v) is 3.99. The fourth-order valence-electron chi connectivity index (χ4n) is 1.89. The summed E-state index contributed by atoms with van der Waals surface area (Å²) in [5, 5.41) is 22.1. The molecule has 0 aliphatic heterocycles. The van der Waals surface area contributed by atoms with Gasteiger partial charge in [-0.25, -0.2) is 0 Å². The van der Waals surface area contributed by atoms with Crippen LogP contribution in [-0.2, 0) is 9.53 Å². The van der Waals surface area contributed by atoms with E-state index in [4.69, 9.17) is 4.74 Å². The van der Waals surface area contributed by atoms with E-state index in [1.807, 2.05) is 13.8 Å². The standard InChI is InChI=1S/C17H32O4/c1-14(18)16(2,3)10-6-8-12-21-13-9-7-11-17(4,5)15(19)20/h18H,1,6-13H2,2-5H3,(H,19,20)/p-2. The first-order valence-corrected chi connectivity index (χ1v) is 7.75. The van der Waals surface area contributed by atoms with Gasteiger partial charge in [-0.15, -0.1) is 12.3 Å². The Bertz CT molecular complexity index is 300. The third kappa shape index (κ3) is 8.76. The van der Waals surface area contributed by atoms with Crippen LogP contribution < -0.4 is 10.2 Å². The van der Waals surface area contributed by atoms with Gasteiger partial charge < -0.3 is 19.7 Å². The zero-order valence-electron chi connectivity index (χ0n) is 14.0. The number of aliphatic carboxylic acids is 1. The van der Waals surface area contributed by atoms with Crippen LogP contribution in [0, 0.1) is 10.8 Å². The highest BCUT2D eigenvalue weighted by Gasteiger charge is 2.18. The van der Waals surface area contributed by atoms with Crippen LogP contribution in [-0.4, -0.2) is 19.2 Å². The van der Waals surface area contributed by atoms with E-state index in [1.165, 1.54) is 0 Å². The Labute approximate surface area is 129 Å². The van der Waals surface area contributed by atoms with Crippen molar-refractivity contribution in [3.8, 4) is 0 Å². The third-order valence-electron chi connectivity index (χ3n) is 3.99. The van der Waals surface area contributed by atoms with Crippen LogP contribution in [0.3, 0.4) is 0 Å². The Morgan fingerprint density at radius 3 is 1.71 bits per heavy atom. The summed E-state index contributed by atoms with van der Waals surface area (Å²) in [6.45, 7) is 12.0. The number of hydrogen-bond acceptors (Lipinski definition) is 4. The lowest BCUT2D eigenvalue weighted by molar-refractivity contribution is -0.323. The molecule has 21 heavy (non-hydrogen) atoms. The van der Waals surface area contributed by atoms with E-state index in [9.17, 15) is 15.0 Å². The van der Waals surface area contributed by atoms with Crippen LogP contribution >= 0.6 is 0 Å². The molecule has 0 spiro atoms. The smallest absolute Gasteiger partial charge is 0.0470 e. The first-order valence-electron chi connectivity index (χ1n) is 7.75. The van der Waals surface area contributed by atoms with E-state index < -0.39 is 11.4 Å². The van der Waals surface area contributed by atoms with E-state index in [0.29, 0.717) is 19.6 Å². The normalized spacial score (nSPS) is 12.4. The Morgan fingerprint density at radius 1 is 0.905 bits per heavy atom. The number of unbranched alkanes of at least 4 members (excludes halogenated alkanes) is 2. The number of rotatable bonds is 12. The minimum atomic E-state index is -0.994. The molecule has 0 amide bonds. The molecule has 0 aromatic rings. The summed E-state index contributed by atoms with van der Waals surface area (Å²) in [5.41, 5.74) is -1.09. The van der Waals surface area contributed by atoms with E-state index in [2.05, 4.69) is 6.58 Å². The summed E-state index contributed by atoms with van der Waals surface area (Å²) in [5.74, 6) is -1.01. The molecule has 0 aromatic heterocycles. The SMILES string of the molecule is C=C([O-])C(C)(C)CCCCOCCCCC(C)(C)C(=O)[O-]. The van der Waals surface area contributed by atoms with Gasteiger partial charge in [0.05, 0.1) is 0 Å². The summed E-state index contributed by atoms with van der Waals surface area (Å²) >= 11 is 0. The molecule has 0 aliphatic rings. The number of ether oxygens (including phenoxy) is 1. The number of carboxylic acid groups (broad SMARTS) is 1. The molecule has 124 valence electrons. The maximum atomic E-state index is 11.2. The van der Waals surface area contributed by atoms with Gasteiger partial charge in [0.2, 0.25) is 0 Å². The summed E-state index contributed by atoms with van der Waals surface area (Å²) in [4.78, 5) is 10.8. The molecule has 0 unspecified atom stereocenters. The lowest BCUT2D eigenvalue weighted by atomic mass is 9.86. The molecule has 0 rings (SSSR count). The summed E-state index contributed by atoms with van der Waals surface area (Å²) in [6.07, 6.45) is 5.01. The molecule has 0 saturated heterocycles. The number of hydrogen-bond donors (Lipinski definition) is 0. The minimum Gasteiger partial charge on any atom is -0.875 e. The fraction of sp³-hybridized carbons (Fsp3) is 0.824. The number of carbonyl (C=O) groups excluding carboxylic acids is 1. The van der Waals surface area contributed by atoms with Crippen LogP contribution in [0.15, 0.2) is 12.3 Å². The average molecular weight is 298 g/mol. The monoisotopic (exact) mass is 298 g/mol. The number of carbonyl (C=O) groups is 1. The highest BCUT2D eigenvalue weighted by molar-refractivity contribution is 5.71. The van der Waals surface area contributed by atoms with Crippen molar-refractivity contribution in [3.05, 3.63) is 12.3 Å². The molecular weight excluding hydrogens is 268 g/mol. The molecule has 0 atom stereocenters. The number of carboxylic acids is 1. The van der Waals surface area contributed by atoms with Crippen LogP contribution in [0.1, 0.15) is 66.2 Å². The van der Waals surface area contributed by atoms with Gasteiger partial charge in [-0.05, 0) is 31.1 Å². The van der Waals surface area contributed by atoms with Gasteiger partial charge in [-0.3, -0.25) is 0 Å². The van der Waals surface area contributed by atoms with Crippen molar-refractivity contribution in [1.29, 1.82) is 0 Å². The van der Waals surface area contributed by atoms with E-state index in [-0.39, 0.29) is 11.2 Å². The van der Waals surface area contributed by atoms with Crippen molar-refractivity contribution in [1.82, 2.24) is 0 Å². The Hall–Kier alpha value is -1.03. The molecular formula is C17H30O4-2. The van der Waals surface area contributed by atoms with Crippen molar-refractivity contribution in [2.24, 2.45) is 10.8 Å². The molecule has 0 bridgehead atoms. The van der Waals surface area contributed by atoms with Crippen LogP contribution in [0.4, 0.5) is 0 Å². The molecule has 0 aromatic carbocycles. The topological polar surface area (TPSA) is 72.4 Å². The molecule has 0 N–H and O–H groups in total. The second kappa shape index (κ2) is 9.08. The van der Waals surface area contributed by atoms with Crippen molar-refractivity contribution in [3.63, 3.8) is 0 Å². The summed E-state index contributed by atoms with van der Waals surface area (Å²) in [7, 11) is 0. The first kappa shape index (κ1) is 20.0. The van der Waals surface area contributed by atoms with Gasteiger partial charge in [0.1, 0.15) is 0 Å². The first-order chi connectivity index (χ1) is 9.59. The van der Waals surface area contributed by atoms with Crippen molar-refractivity contribution >= 4 is 5.97 Å². The minimum absolute atomic E-state index is 0.0149. The maximum absolute atomic E-state index is 11.2. The van der Waals surface area contributed by atoms with Crippen LogP contribution in [0.25, 0.3) is 0 Å².